The molecule has 0 spiro atoms. The lowest BCUT2D eigenvalue weighted by Gasteiger charge is -2.19. The minimum atomic E-state index is -3.49. The first-order chi connectivity index (χ1) is 23.9. The van der Waals surface area contributed by atoms with E-state index in [0.29, 0.717) is 35.7 Å². The SMILES string of the molecule is CC(CCCCCN1c2cccc3cccc(c23)S1(=O)=O)C(=O)NO.CC(CCCCN1c2cccc3cccc(c23)S1(=O)=O)CC(=O)NO. The molecule has 0 fully saturated rings. The number of amides is 2. The van der Waals surface area contributed by atoms with E-state index < -0.39 is 26.0 Å². The fraction of sp³-hybridized carbons (Fsp3) is 0.389. The van der Waals surface area contributed by atoms with Gasteiger partial charge >= 0.3 is 0 Å². The summed E-state index contributed by atoms with van der Waals surface area (Å²) in [4.78, 5) is 23.2. The van der Waals surface area contributed by atoms with Crippen molar-refractivity contribution in [1.82, 2.24) is 11.0 Å². The highest BCUT2D eigenvalue weighted by Crippen LogP contribution is 2.43. The lowest BCUT2D eigenvalue weighted by atomic mass is 10.0. The number of sulfonamides is 2. The summed E-state index contributed by atoms with van der Waals surface area (Å²) in [5.74, 6) is -0.887. The van der Waals surface area contributed by atoms with Crippen LogP contribution in [0.1, 0.15) is 65.2 Å². The van der Waals surface area contributed by atoms with Crippen LogP contribution in [0, 0.1) is 11.8 Å². The Labute approximate surface area is 293 Å². The molecule has 2 aliphatic heterocycles. The average molecular weight is 725 g/mol. The Hall–Kier alpha value is -4.24. The minimum Gasteiger partial charge on any atom is -0.289 e. The molecule has 2 amide bonds. The van der Waals surface area contributed by atoms with E-state index in [0.717, 1.165) is 65.0 Å². The molecule has 0 saturated carbocycles. The number of anilines is 2. The monoisotopic (exact) mass is 724 g/mol. The molecule has 4 N–H and O–H groups in total. The summed E-state index contributed by atoms with van der Waals surface area (Å²) in [6, 6.07) is 22.0. The van der Waals surface area contributed by atoms with Gasteiger partial charge in [0.15, 0.2) is 0 Å². The summed E-state index contributed by atoms with van der Waals surface area (Å²) in [5, 5.41) is 20.6. The molecule has 12 nitrogen and oxygen atoms in total. The third kappa shape index (κ3) is 7.58. The van der Waals surface area contributed by atoms with Crippen LogP contribution >= 0.6 is 0 Å². The van der Waals surface area contributed by atoms with Crippen LogP contribution in [-0.2, 0) is 29.6 Å². The van der Waals surface area contributed by atoms with Crippen LogP contribution in [0.15, 0.2) is 82.6 Å². The molecule has 0 aromatic heterocycles. The van der Waals surface area contributed by atoms with Gasteiger partial charge in [0.1, 0.15) is 0 Å². The smallest absolute Gasteiger partial charge is 0.265 e. The van der Waals surface area contributed by atoms with E-state index in [2.05, 4.69) is 0 Å². The highest BCUT2D eigenvalue weighted by Gasteiger charge is 2.36. The van der Waals surface area contributed by atoms with Crippen molar-refractivity contribution in [2.24, 2.45) is 11.8 Å². The zero-order valence-corrected chi connectivity index (χ0v) is 29.8. The Kier molecular flexibility index (Phi) is 11.7. The number of unbranched alkanes of at least 4 members (excludes halogenated alkanes) is 3. The maximum absolute atomic E-state index is 12.8. The Morgan fingerprint density at radius 3 is 1.58 bits per heavy atom. The molecule has 0 bridgehead atoms. The lowest BCUT2D eigenvalue weighted by Crippen LogP contribution is -2.28. The molecule has 2 aliphatic rings. The second-order valence-electron chi connectivity index (χ2n) is 13.0. The Balaban J connectivity index is 0.000000194. The molecule has 6 rings (SSSR count). The van der Waals surface area contributed by atoms with Gasteiger partial charge in [-0.05, 0) is 60.2 Å². The average Bonchev–Trinajstić information content (AvgIpc) is 3.47. The van der Waals surface area contributed by atoms with E-state index >= 15 is 0 Å². The van der Waals surface area contributed by atoms with Crippen molar-refractivity contribution >= 4 is 64.8 Å². The summed E-state index contributed by atoms with van der Waals surface area (Å²) < 4.78 is 54.3. The molecular formula is C36H44N4O8S2. The first-order valence-electron chi connectivity index (χ1n) is 16.9. The van der Waals surface area contributed by atoms with E-state index in [9.17, 15) is 26.4 Å². The van der Waals surface area contributed by atoms with Crippen molar-refractivity contribution < 1.29 is 36.8 Å². The fourth-order valence-corrected chi connectivity index (χ4v) is 10.2. The molecule has 268 valence electrons. The van der Waals surface area contributed by atoms with Gasteiger partial charge in [0, 0.05) is 36.2 Å². The molecule has 2 heterocycles. The van der Waals surface area contributed by atoms with Gasteiger partial charge in [0.2, 0.25) is 11.8 Å². The van der Waals surface area contributed by atoms with Gasteiger partial charge in [-0.3, -0.25) is 28.6 Å². The number of carbonyl (C=O) groups excluding carboxylic acids is 2. The number of hydroxylamine groups is 2. The van der Waals surface area contributed by atoms with Crippen LogP contribution < -0.4 is 19.6 Å². The molecule has 2 atom stereocenters. The minimum absolute atomic E-state index is 0.142. The van der Waals surface area contributed by atoms with Crippen LogP contribution in [0.25, 0.3) is 21.5 Å². The number of hydrogen-bond acceptors (Lipinski definition) is 8. The second kappa shape index (κ2) is 15.8. The molecule has 50 heavy (non-hydrogen) atoms. The van der Waals surface area contributed by atoms with Gasteiger partial charge in [-0.25, -0.2) is 27.8 Å². The van der Waals surface area contributed by atoms with Gasteiger partial charge in [-0.15, -0.1) is 0 Å². The Morgan fingerprint density at radius 1 is 0.640 bits per heavy atom. The predicted molar refractivity (Wildman–Crippen MR) is 192 cm³/mol. The van der Waals surface area contributed by atoms with Crippen molar-refractivity contribution in [3.63, 3.8) is 0 Å². The van der Waals surface area contributed by atoms with E-state index in [1.165, 1.54) is 8.61 Å². The molecule has 2 unspecified atom stereocenters. The largest absolute Gasteiger partial charge is 0.289 e. The first-order valence-corrected chi connectivity index (χ1v) is 19.8. The summed E-state index contributed by atoms with van der Waals surface area (Å²) in [6.45, 7) is 4.55. The normalized spacial score (nSPS) is 16.2. The summed E-state index contributed by atoms with van der Waals surface area (Å²) in [7, 11) is -6.97. The van der Waals surface area contributed by atoms with Crippen LogP contribution in [0.5, 0.6) is 0 Å². The number of rotatable bonds is 14. The summed E-state index contributed by atoms with van der Waals surface area (Å²) in [5.41, 5.74) is 4.79. The molecular weight excluding hydrogens is 681 g/mol. The van der Waals surface area contributed by atoms with Gasteiger partial charge in [-0.1, -0.05) is 88.1 Å². The van der Waals surface area contributed by atoms with Gasteiger partial charge < -0.3 is 0 Å². The molecule has 0 saturated heterocycles. The Bertz CT molecular complexity index is 2080. The zero-order valence-electron chi connectivity index (χ0n) is 28.2. The lowest BCUT2D eigenvalue weighted by molar-refractivity contribution is -0.133. The predicted octanol–water partition coefficient (Wildman–Crippen LogP) is 6.10. The van der Waals surface area contributed by atoms with Crippen molar-refractivity contribution in [2.45, 2.75) is 75.0 Å². The van der Waals surface area contributed by atoms with Gasteiger partial charge in [0.05, 0.1) is 21.2 Å². The number of benzene rings is 4. The fourth-order valence-electron chi connectivity index (χ4n) is 6.73. The maximum Gasteiger partial charge on any atom is 0.265 e. The van der Waals surface area contributed by atoms with E-state index in [1.54, 1.807) is 42.1 Å². The molecule has 0 aliphatic carbocycles. The number of nitrogens with one attached hydrogen (secondary N) is 2. The van der Waals surface area contributed by atoms with E-state index in [-0.39, 0.29) is 24.2 Å². The molecule has 0 radical (unpaired) electrons. The van der Waals surface area contributed by atoms with Crippen molar-refractivity contribution in [3.05, 3.63) is 72.8 Å². The summed E-state index contributed by atoms with van der Waals surface area (Å²) in [6.07, 6.45) is 5.61. The molecule has 4 aromatic rings. The van der Waals surface area contributed by atoms with Crippen LogP contribution in [0.3, 0.4) is 0 Å². The van der Waals surface area contributed by atoms with Crippen LogP contribution in [0.4, 0.5) is 11.4 Å². The third-order valence-electron chi connectivity index (χ3n) is 9.39. The Morgan fingerprint density at radius 2 is 1.10 bits per heavy atom. The standard InChI is InChI=1S/2C18H22N2O4S/c1-13(12-17(21)19-22)6-2-3-11-20-15-9-4-7-14-8-5-10-16(18(14)15)25(20,23)24;1-13(18(21)19-22)7-3-2-4-12-20-15-10-5-8-14-9-6-11-16(17(14)15)25(20,23)24/h4-5,7-10,13,22H,2-3,6,11-12H2,1H3,(H,19,21);5-6,8-11,13,22H,2-4,7,12H2,1H3,(H,19,21). The highest BCUT2D eigenvalue weighted by atomic mass is 32.2. The number of hydrogen-bond donors (Lipinski definition) is 4. The van der Waals surface area contributed by atoms with Crippen molar-refractivity contribution in [2.75, 3.05) is 21.7 Å². The second-order valence-corrected chi connectivity index (χ2v) is 16.6. The number of carbonyl (C=O) groups is 2. The third-order valence-corrected chi connectivity index (χ3v) is 13.1. The summed E-state index contributed by atoms with van der Waals surface area (Å²) >= 11 is 0. The van der Waals surface area contributed by atoms with Gasteiger partial charge in [0.25, 0.3) is 20.0 Å². The quantitative estimate of drug-likeness (QED) is 0.0686. The topological polar surface area (TPSA) is 173 Å². The van der Waals surface area contributed by atoms with Crippen molar-refractivity contribution in [3.8, 4) is 0 Å². The van der Waals surface area contributed by atoms with Crippen LogP contribution in [-0.4, -0.2) is 52.2 Å². The van der Waals surface area contributed by atoms with Crippen molar-refractivity contribution in [1.29, 1.82) is 0 Å². The highest BCUT2D eigenvalue weighted by molar-refractivity contribution is 7.93. The maximum atomic E-state index is 12.8. The molecule has 4 aromatic carbocycles. The number of nitrogens with zero attached hydrogens (tertiary/aromatic N) is 2. The zero-order chi connectivity index (χ0) is 36.1. The molecule has 14 heteroatoms. The van der Waals surface area contributed by atoms with Crippen LogP contribution in [0.2, 0.25) is 0 Å². The van der Waals surface area contributed by atoms with E-state index in [4.69, 9.17) is 10.4 Å². The first kappa shape index (κ1) is 37.0. The van der Waals surface area contributed by atoms with E-state index in [1.807, 2.05) is 55.5 Å². The van der Waals surface area contributed by atoms with Gasteiger partial charge in [-0.2, -0.15) is 0 Å².